The van der Waals surface area contributed by atoms with Crippen LogP contribution in [0.15, 0.2) is 53.4 Å². The van der Waals surface area contributed by atoms with Crippen molar-refractivity contribution < 1.29 is 22.3 Å². The molecule has 0 saturated carbocycles. The lowest BCUT2D eigenvalue weighted by molar-refractivity contribution is -0.117. The maximum absolute atomic E-state index is 13.7. The fourth-order valence-corrected chi connectivity index (χ4v) is 5.05. The molecule has 1 fully saturated rings. The van der Waals surface area contributed by atoms with Crippen LogP contribution in [0.3, 0.4) is 0 Å². The first kappa shape index (κ1) is 20.3. The van der Waals surface area contributed by atoms with E-state index in [1.54, 1.807) is 18.2 Å². The van der Waals surface area contributed by atoms with E-state index in [1.165, 1.54) is 41.7 Å². The van der Waals surface area contributed by atoms with E-state index < -0.39 is 27.8 Å². The van der Waals surface area contributed by atoms with Gasteiger partial charge in [0, 0.05) is 19.0 Å². The number of hydrogen-bond acceptors (Lipinski definition) is 4. The molecule has 1 heterocycles. The molecule has 8 heteroatoms. The second-order valence-electron chi connectivity index (χ2n) is 6.67. The van der Waals surface area contributed by atoms with Crippen molar-refractivity contribution >= 4 is 21.6 Å². The number of para-hydroxylation sites is 1. The summed E-state index contributed by atoms with van der Waals surface area (Å²) in [5.74, 6) is -0.368. The van der Waals surface area contributed by atoms with E-state index in [0.29, 0.717) is 18.7 Å². The lowest BCUT2D eigenvalue weighted by atomic mass is 10.0. The number of carbonyl (C=O) groups excluding carboxylic acids is 1. The number of methoxy groups -OCH3 is 1. The zero-order valence-electron chi connectivity index (χ0n) is 15.6. The van der Waals surface area contributed by atoms with Crippen molar-refractivity contribution in [2.75, 3.05) is 19.0 Å². The van der Waals surface area contributed by atoms with Crippen LogP contribution in [-0.4, -0.2) is 38.3 Å². The summed E-state index contributed by atoms with van der Waals surface area (Å²) in [6.45, 7) is 0.353. The van der Waals surface area contributed by atoms with E-state index in [0.717, 1.165) is 12.8 Å². The van der Waals surface area contributed by atoms with Crippen LogP contribution in [0.1, 0.15) is 25.7 Å². The van der Waals surface area contributed by atoms with Crippen molar-refractivity contribution in [2.45, 2.75) is 36.6 Å². The second kappa shape index (κ2) is 8.70. The highest BCUT2D eigenvalue weighted by Crippen LogP contribution is 2.28. The summed E-state index contributed by atoms with van der Waals surface area (Å²) in [4.78, 5) is 12.6. The largest absolute Gasteiger partial charge is 0.497 e. The number of sulfonamides is 1. The van der Waals surface area contributed by atoms with Gasteiger partial charge in [0.2, 0.25) is 15.9 Å². The molecule has 0 spiro atoms. The number of piperidine rings is 1. The molecule has 1 saturated heterocycles. The molecule has 150 valence electrons. The van der Waals surface area contributed by atoms with Crippen LogP contribution in [0.2, 0.25) is 0 Å². The van der Waals surface area contributed by atoms with Gasteiger partial charge >= 0.3 is 0 Å². The topological polar surface area (TPSA) is 75.7 Å². The van der Waals surface area contributed by atoms with Crippen LogP contribution >= 0.6 is 0 Å². The fourth-order valence-electron chi connectivity index (χ4n) is 3.36. The predicted molar refractivity (Wildman–Crippen MR) is 104 cm³/mol. The van der Waals surface area contributed by atoms with Crippen LogP contribution < -0.4 is 10.1 Å². The number of hydrogen-bond donors (Lipinski definition) is 1. The van der Waals surface area contributed by atoms with Crippen LogP contribution in [0, 0.1) is 5.82 Å². The zero-order valence-corrected chi connectivity index (χ0v) is 16.4. The van der Waals surface area contributed by atoms with Crippen LogP contribution in [0.25, 0.3) is 0 Å². The van der Waals surface area contributed by atoms with Gasteiger partial charge in [-0.25, -0.2) is 12.8 Å². The van der Waals surface area contributed by atoms with Crippen molar-refractivity contribution in [3.63, 3.8) is 0 Å². The summed E-state index contributed by atoms with van der Waals surface area (Å²) in [6, 6.07) is 11.6. The molecule has 1 aliphatic rings. The smallest absolute Gasteiger partial charge is 0.243 e. The summed E-state index contributed by atoms with van der Waals surface area (Å²) in [6.07, 6.45) is 2.14. The first-order valence-corrected chi connectivity index (χ1v) is 10.6. The third-order valence-corrected chi connectivity index (χ3v) is 6.77. The van der Waals surface area contributed by atoms with Crippen molar-refractivity contribution in [3.8, 4) is 5.75 Å². The molecule has 2 aromatic rings. The molecule has 1 N–H and O–H groups in total. The Hall–Kier alpha value is -2.45. The Bertz CT molecular complexity index is 931. The van der Waals surface area contributed by atoms with Gasteiger partial charge in [0.05, 0.1) is 17.7 Å². The van der Waals surface area contributed by atoms with Crippen LogP contribution in [-0.2, 0) is 14.8 Å². The van der Waals surface area contributed by atoms with Crippen molar-refractivity contribution in [1.82, 2.24) is 4.31 Å². The molecule has 6 nitrogen and oxygen atoms in total. The van der Waals surface area contributed by atoms with Gasteiger partial charge in [-0.15, -0.1) is 0 Å². The number of halogens is 1. The lowest BCUT2D eigenvalue weighted by Crippen LogP contribution is -2.45. The Morgan fingerprint density at radius 2 is 1.89 bits per heavy atom. The molecule has 3 rings (SSSR count). The fraction of sp³-hybridized carbons (Fsp3) is 0.350. The van der Waals surface area contributed by atoms with E-state index >= 15 is 0 Å². The Balaban J connectivity index is 1.75. The normalized spacial score (nSPS) is 17.9. The highest BCUT2D eigenvalue weighted by molar-refractivity contribution is 7.89. The van der Waals surface area contributed by atoms with Gasteiger partial charge in [-0.05, 0) is 49.2 Å². The maximum atomic E-state index is 13.7. The molecule has 0 unspecified atom stereocenters. The second-order valence-corrected chi connectivity index (χ2v) is 8.56. The summed E-state index contributed by atoms with van der Waals surface area (Å²) in [7, 11) is -2.23. The maximum Gasteiger partial charge on any atom is 0.243 e. The van der Waals surface area contributed by atoms with Crippen LogP contribution in [0.5, 0.6) is 5.75 Å². The number of ether oxygens (including phenoxy) is 1. The number of amides is 1. The molecule has 0 radical (unpaired) electrons. The summed E-state index contributed by atoms with van der Waals surface area (Å²) in [5.41, 5.74) is 0.0906. The Labute approximate surface area is 164 Å². The van der Waals surface area contributed by atoms with Gasteiger partial charge in [0.25, 0.3) is 0 Å². The van der Waals surface area contributed by atoms with Gasteiger partial charge in [0.15, 0.2) is 0 Å². The highest BCUT2D eigenvalue weighted by atomic mass is 32.2. The van der Waals surface area contributed by atoms with Crippen LogP contribution in [0.4, 0.5) is 10.1 Å². The van der Waals surface area contributed by atoms with E-state index in [9.17, 15) is 17.6 Å². The van der Waals surface area contributed by atoms with Crippen molar-refractivity contribution in [3.05, 3.63) is 54.3 Å². The van der Waals surface area contributed by atoms with Gasteiger partial charge in [-0.1, -0.05) is 18.6 Å². The van der Waals surface area contributed by atoms with Crippen molar-refractivity contribution in [1.29, 1.82) is 0 Å². The number of benzene rings is 2. The average Bonchev–Trinajstić information content (AvgIpc) is 2.70. The third kappa shape index (κ3) is 4.51. The molecule has 0 bridgehead atoms. The Morgan fingerprint density at radius 3 is 2.57 bits per heavy atom. The lowest BCUT2D eigenvalue weighted by Gasteiger charge is -2.34. The summed E-state index contributed by atoms with van der Waals surface area (Å²) < 4.78 is 46.4. The van der Waals surface area contributed by atoms with E-state index in [-0.39, 0.29) is 17.0 Å². The molecular weight excluding hydrogens is 383 g/mol. The van der Waals surface area contributed by atoms with Gasteiger partial charge < -0.3 is 10.1 Å². The Morgan fingerprint density at radius 1 is 1.18 bits per heavy atom. The molecule has 1 aliphatic heterocycles. The summed E-state index contributed by atoms with van der Waals surface area (Å²) >= 11 is 0. The summed E-state index contributed by atoms with van der Waals surface area (Å²) in [5, 5.41) is 2.53. The molecular formula is C20H23FN2O4S. The van der Waals surface area contributed by atoms with E-state index in [4.69, 9.17) is 4.74 Å². The van der Waals surface area contributed by atoms with Gasteiger partial charge in [0.1, 0.15) is 11.6 Å². The van der Waals surface area contributed by atoms with E-state index in [2.05, 4.69) is 5.32 Å². The number of anilines is 1. The molecule has 2 aromatic carbocycles. The minimum Gasteiger partial charge on any atom is -0.497 e. The van der Waals surface area contributed by atoms with Crippen molar-refractivity contribution in [2.24, 2.45) is 0 Å². The van der Waals surface area contributed by atoms with Gasteiger partial charge in [-0.2, -0.15) is 4.31 Å². The quantitative estimate of drug-likeness (QED) is 0.798. The molecule has 0 aliphatic carbocycles. The first-order chi connectivity index (χ1) is 13.4. The zero-order chi connectivity index (χ0) is 20.1. The van der Waals surface area contributed by atoms with E-state index in [1.807, 2.05) is 0 Å². The highest BCUT2D eigenvalue weighted by Gasteiger charge is 2.34. The molecule has 1 amide bonds. The van der Waals surface area contributed by atoms with Gasteiger partial charge in [-0.3, -0.25) is 4.79 Å². The molecule has 1 atom stereocenters. The standard InChI is InChI=1S/C20H23FN2O4S/c1-27-16-9-11-17(12-10-16)28(25,26)23-13-5-4-6-15(23)14-20(24)22-19-8-3-2-7-18(19)21/h2-3,7-12,15H,4-6,13-14H2,1H3,(H,22,24)/t15-/m0/s1. The minimum atomic E-state index is -3.74. The third-order valence-electron chi connectivity index (χ3n) is 4.81. The molecule has 28 heavy (non-hydrogen) atoms. The minimum absolute atomic E-state index is 0.0241. The number of rotatable bonds is 6. The SMILES string of the molecule is COc1ccc(S(=O)(=O)N2CCCC[C@H]2CC(=O)Nc2ccccc2F)cc1. The number of nitrogens with one attached hydrogen (secondary N) is 1. The predicted octanol–water partition coefficient (Wildman–Crippen LogP) is 3.41. The number of nitrogens with zero attached hydrogens (tertiary/aromatic N) is 1. The first-order valence-electron chi connectivity index (χ1n) is 9.12. The monoisotopic (exact) mass is 406 g/mol. The molecule has 0 aromatic heterocycles. The average molecular weight is 406 g/mol. The number of carbonyl (C=O) groups is 1. The Kier molecular flexibility index (Phi) is 6.31.